The molecule has 1 aliphatic rings. The molecule has 162 valence electrons. The molecule has 0 saturated carbocycles. The van der Waals surface area contributed by atoms with Gasteiger partial charge < -0.3 is 10.1 Å². The molecule has 0 bridgehead atoms. The largest absolute Gasteiger partial charge is 0.454 e. The van der Waals surface area contributed by atoms with E-state index in [0.29, 0.717) is 5.69 Å². The van der Waals surface area contributed by atoms with Crippen LogP contribution in [0.1, 0.15) is 61.0 Å². The second-order valence-corrected chi connectivity index (χ2v) is 8.07. The molecular weight excluding hydrogens is 396 g/mol. The van der Waals surface area contributed by atoms with Gasteiger partial charge in [-0.1, -0.05) is 58.0 Å². The van der Waals surface area contributed by atoms with Crippen molar-refractivity contribution in [3.63, 3.8) is 0 Å². The third-order valence-corrected chi connectivity index (χ3v) is 5.17. The van der Waals surface area contributed by atoms with Crippen LogP contribution in [0.5, 0.6) is 0 Å². The number of amides is 2. The number of nitrogens with one attached hydrogen (secondary N) is 1. The van der Waals surface area contributed by atoms with Crippen LogP contribution in [0.4, 0.5) is 11.4 Å². The van der Waals surface area contributed by atoms with Gasteiger partial charge in [-0.25, -0.2) is 0 Å². The standard InChI is InChI=1S/C24H26N2O5/c1-14(2)16-9-7-10-17(15(3)4)22(16)25-20(27)13-31-21(28)12-26-19-11-6-5-8-18(19)23(29)24(26)30/h5-11,14-15H,12-13H2,1-4H3,(H,25,27). The fourth-order valence-corrected chi connectivity index (χ4v) is 3.60. The summed E-state index contributed by atoms with van der Waals surface area (Å²) < 4.78 is 5.08. The minimum atomic E-state index is -0.782. The van der Waals surface area contributed by atoms with Crippen LogP contribution in [0.2, 0.25) is 0 Å². The highest BCUT2D eigenvalue weighted by Crippen LogP contribution is 2.32. The summed E-state index contributed by atoms with van der Waals surface area (Å²) in [7, 11) is 0. The Morgan fingerprint density at radius 1 is 0.935 bits per heavy atom. The fraction of sp³-hybridized carbons (Fsp3) is 0.333. The van der Waals surface area contributed by atoms with E-state index in [-0.39, 0.29) is 17.4 Å². The van der Waals surface area contributed by atoms with Crippen LogP contribution in [0.3, 0.4) is 0 Å². The molecular formula is C24H26N2O5. The highest BCUT2D eigenvalue weighted by molar-refractivity contribution is 6.52. The summed E-state index contributed by atoms with van der Waals surface area (Å²) in [5, 5.41) is 2.87. The zero-order chi connectivity index (χ0) is 22.7. The van der Waals surface area contributed by atoms with Crippen LogP contribution in [-0.4, -0.2) is 36.7 Å². The first-order chi connectivity index (χ1) is 14.7. The monoisotopic (exact) mass is 422 g/mol. The average molecular weight is 422 g/mol. The number of ether oxygens (including phenoxy) is 1. The van der Waals surface area contributed by atoms with E-state index in [1.165, 1.54) is 6.07 Å². The number of carbonyl (C=O) groups excluding carboxylic acids is 4. The molecule has 0 aliphatic carbocycles. The van der Waals surface area contributed by atoms with Crippen molar-refractivity contribution in [1.82, 2.24) is 0 Å². The molecule has 0 fully saturated rings. The van der Waals surface area contributed by atoms with E-state index in [2.05, 4.69) is 5.32 Å². The van der Waals surface area contributed by atoms with Gasteiger partial charge in [0.2, 0.25) is 0 Å². The van der Waals surface area contributed by atoms with Gasteiger partial charge in [0.1, 0.15) is 6.54 Å². The first-order valence-corrected chi connectivity index (χ1v) is 10.2. The molecule has 1 N–H and O–H groups in total. The zero-order valence-electron chi connectivity index (χ0n) is 18.1. The number of esters is 1. The number of anilines is 2. The highest BCUT2D eigenvalue weighted by atomic mass is 16.5. The van der Waals surface area contributed by atoms with E-state index >= 15 is 0 Å². The third kappa shape index (κ3) is 4.66. The normalized spacial score (nSPS) is 13.0. The Labute approximate surface area is 181 Å². The smallest absolute Gasteiger partial charge is 0.326 e. The molecule has 2 amide bonds. The highest BCUT2D eigenvalue weighted by Gasteiger charge is 2.36. The summed E-state index contributed by atoms with van der Waals surface area (Å²) >= 11 is 0. The van der Waals surface area contributed by atoms with E-state index in [4.69, 9.17) is 4.74 Å². The molecule has 2 aromatic carbocycles. The SMILES string of the molecule is CC(C)c1cccc(C(C)C)c1NC(=O)COC(=O)CN1C(=O)C(=O)c2ccccc21. The summed E-state index contributed by atoms with van der Waals surface area (Å²) in [6.45, 7) is 7.25. The van der Waals surface area contributed by atoms with Crippen LogP contribution in [0, 0.1) is 0 Å². The van der Waals surface area contributed by atoms with Gasteiger partial charge in [-0.05, 0) is 35.1 Å². The second kappa shape index (κ2) is 9.12. The minimum Gasteiger partial charge on any atom is -0.454 e. The van der Waals surface area contributed by atoms with Gasteiger partial charge in [0, 0.05) is 5.69 Å². The van der Waals surface area contributed by atoms with E-state index < -0.39 is 36.7 Å². The number of rotatable bonds is 7. The molecule has 1 heterocycles. The number of para-hydroxylation sites is 2. The number of Topliss-reactive ketones (excluding diaryl/α,β-unsaturated/α-hetero) is 1. The van der Waals surface area contributed by atoms with E-state index in [0.717, 1.165) is 21.7 Å². The van der Waals surface area contributed by atoms with Crippen molar-refractivity contribution in [2.75, 3.05) is 23.4 Å². The van der Waals surface area contributed by atoms with Crippen molar-refractivity contribution in [2.24, 2.45) is 0 Å². The average Bonchev–Trinajstić information content (AvgIpc) is 2.97. The van der Waals surface area contributed by atoms with Gasteiger partial charge in [-0.2, -0.15) is 0 Å². The summed E-state index contributed by atoms with van der Waals surface area (Å²) in [5.74, 6) is -2.27. The maximum absolute atomic E-state index is 12.5. The Balaban J connectivity index is 1.64. The lowest BCUT2D eigenvalue weighted by Crippen LogP contribution is -2.36. The lowest BCUT2D eigenvalue weighted by molar-refractivity contribution is -0.146. The van der Waals surface area contributed by atoms with Crippen LogP contribution < -0.4 is 10.2 Å². The number of hydrogen-bond acceptors (Lipinski definition) is 5. The lowest BCUT2D eigenvalue weighted by atomic mass is 9.92. The predicted octanol–water partition coefficient (Wildman–Crippen LogP) is 3.64. The number of ketones is 1. The van der Waals surface area contributed by atoms with Gasteiger partial charge in [0.15, 0.2) is 6.61 Å². The number of fused-ring (bicyclic) bond motifs is 1. The molecule has 0 spiro atoms. The van der Waals surface area contributed by atoms with Gasteiger partial charge >= 0.3 is 5.97 Å². The molecule has 31 heavy (non-hydrogen) atoms. The summed E-state index contributed by atoms with van der Waals surface area (Å²) in [6, 6.07) is 12.3. The molecule has 0 radical (unpaired) electrons. The van der Waals surface area contributed by atoms with E-state index in [1.54, 1.807) is 18.2 Å². The third-order valence-electron chi connectivity index (χ3n) is 5.17. The summed E-state index contributed by atoms with van der Waals surface area (Å²) in [5.41, 5.74) is 3.37. The maximum atomic E-state index is 12.5. The number of nitrogens with zero attached hydrogens (tertiary/aromatic N) is 1. The van der Waals surface area contributed by atoms with Crippen molar-refractivity contribution in [2.45, 2.75) is 39.5 Å². The Morgan fingerprint density at radius 3 is 2.16 bits per heavy atom. The molecule has 7 heteroatoms. The van der Waals surface area contributed by atoms with Crippen molar-refractivity contribution < 1.29 is 23.9 Å². The lowest BCUT2D eigenvalue weighted by Gasteiger charge is -2.20. The Hall–Kier alpha value is -3.48. The van der Waals surface area contributed by atoms with Crippen LogP contribution in [0.25, 0.3) is 0 Å². The van der Waals surface area contributed by atoms with Crippen molar-refractivity contribution in [1.29, 1.82) is 0 Å². The fourth-order valence-electron chi connectivity index (χ4n) is 3.60. The van der Waals surface area contributed by atoms with Gasteiger partial charge in [0.05, 0.1) is 11.3 Å². The molecule has 2 aromatic rings. The Bertz CT molecular complexity index is 1020. The Morgan fingerprint density at radius 2 is 1.55 bits per heavy atom. The predicted molar refractivity (Wildman–Crippen MR) is 117 cm³/mol. The van der Waals surface area contributed by atoms with Crippen molar-refractivity contribution >= 4 is 34.9 Å². The molecule has 0 saturated heterocycles. The van der Waals surface area contributed by atoms with E-state index in [1.807, 2.05) is 45.9 Å². The molecule has 7 nitrogen and oxygen atoms in total. The quantitative estimate of drug-likeness (QED) is 0.543. The molecule has 3 rings (SSSR count). The second-order valence-electron chi connectivity index (χ2n) is 8.07. The van der Waals surface area contributed by atoms with Crippen LogP contribution >= 0.6 is 0 Å². The molecule has 1 aliphatic heterocycles. The number of carbonyl (C=O) groups is 4. The van der Waals surface area contributed by atoms with Crippen LogP contribution in [-0.2, 0) is 19.1 Å². The van der Waals surface area contributed by atoms with Gasteiger partial charge in [-0.15, -0.1) is 0 Å². The molecule has 0 aromatic heterocycles. The maximum Gasteiger partial charge on any atom is 0.326 e. The minimum absolute atomic E-state index is 0.204. The molecule has 0 unspecified atom stereocenters. The first kappa shape index (κ1) is 22.2. The summed E-state index contributed by atoms with van der Waals surface area (Å²) in [6.07, 6.45) is 0. The number of benzene rings is 2. The van der Waals surface area contributed by atoms with Gasteiger partial charge in [-0.3, -0.25) is 24.1 Å². The van der Waals surface area contributed by atoms with Crippen molar-refractivity contribution in [3.05, 3.63) is 59.2 Å². The zero-order valence-corrected chi connectivity index (χ0v) is 18.1. The topological polar surface area (TPSA) is 92.8 Å². The Kier molecular flexibility index (Phi) is 6.53. The van der Waals surface area contributed by atoms with E-state index in [9.17, 15) is 19.2 Å². The van der Waals surface area contributed by atoms with Crippen molar-refractivity contribution in [3.8, 4) is 0 Å². The first-order valence-electron chi connectivity index (χ1n) is 10.2. The number of hydrogen-bond donors (Lipinski definition) is 1. The van der Waals surface area contributed by atoms with Crippen LogP contribution in [0.15, 0.2) is 42.5 Å². The van der Waals surface area contributed by atoms with Gasteiger partial charge in [0.25, 0.3) is 17.6 Å². The summed E-state index contributed by atoms with van der Waals surface area (Å²) in [4.78, 5) is 50.0. The molecule has 0 atom stereocenters.